The van der Waals surface area contributed by atoms with Crippen molar-refractivity contribution in [3.63, 3.8) is 0 Å². The Morgan fingerprint density at radius 3 is 3.04 bits per heavy atom. The molecule has 3 rings (SSSR count). The van der Waals surface area contributed by atoms with E-state index >= 15 is 0 Å². The van der Waals surface area contributed by atoms with Crippen molar-refractivity contribution in [2.75, 3.05) is 18.4 Å². The number of hydrogen-bond donors (Lipinski definition) is 1. The minimum atomic E-state index is -0.114. The number of ether oxygens (including phenoxy) is 1. The zero-order valence-corrected chi connectivity index (χ0v) is 15.0. The van der Waals surface area contributed by atoms with E-state index in [1.165, 1.54) is 0 Å². The SMILES string of the molecule is CC(C)Cc1cc(NC(=O)N2CC[C@@H](Oc3cccnc3)C2)n(C)n1. The van der Waals surface area contributed by atoms with Gasteiger partial charge in [0.15, 0.2) is 0 Å². The number of hydrogen-bond acceptors (Lipinski definition) is 4. The second-order valence-corrected chi connectivity index (χ2v) is 6.84. The van der Waals surface area contributed by atoms with E-state index in [0.717, 1.165) is 30.1 Å². The number of nitrogens with zero attached hydrogens (tertiary/aromatic N) is 4. The first-order chi connectivity index (χ1) is 12.0. The Balaban J connectivity index is 1.55. The molecule has 2 aromatic rings. The lowest BCUT2D eigenvalue weighted by Gasteiger charge is -2.17. The number of carbonyl (C=O) groups is 1. The molecule has 7 nitrogen and oxygen atoms in total. The van der Waals surface area contributed by atoms with Crippen LogP contribution in [0.15, 0.2) is 30.6 Å². The number of aryl methyl sites for hydroxylation is 1. The molecule has 0 spiro atoms. The fourth-order valence-corrected chi connectivity index (χ4v) is 2.97. The highest BCUT2D eigenvalue weighted by Gasteiger charge is 2.28. The highest BCUT2D eigenvalue weighted by molar-refractivity contribution is 5.88. The summed E-state index contributed by atoms with van der Waals surface area (Å²) < 4.78 is 7.59. The second-order valence-electron chi connectivity index (χ2n) is 6.84. The molecule has 1 N–H and O–H groups in total. The molecule has 0 aromatic carbocycles. The number of rotatable bonds is 5. The quantitative estimate of drug-likeness (QED) is 0.906. The fraction of sp³-hybridized carbons (Fsp3) is 0.500. The summed E-state index contributed by atoms with van der Waals surface area (Å²) in [4.78, 5) is 18.3. The van der Waals surface area contributed by atoms with Crippen molar-refractivity contribution in [2.24, 2.45) is 13.0 Å². The van der Waals surface area contributed by atoms with Crippen LogP contribution in [0.4, 0.5) is 10.6 Å². The zero-order valence-electron chi connectivity index (χ0n) is 15.0. The van der Waals surface area contributed by atoms with E-state index in [2.05, 4.69) is 29.2 Å². The Kier molecular flexibility index (Phi) is 5.21. The van der Waals surface area contributed by atoms with E-state index in [1.807, 2.05) is 25.2 Å². The molecule has 134 valence electrons. The van der Waals surface area contributed by atoms with Crippen LogP contribution in [-0.4, -0.2) is 44.9 Å². The lowest BCUT2D eigenvalue weighted by atomic mass is 10.1. The van der Waals surface area contributed by atoms with Crippen molar-refractivity contribution < 1.29 is 9.53 Å². The monoisotopic (exact) mass is 343 g/mol. The summed E-state index contributed by atoms with van der Waals surface area (Å²) in [5, 5.41) is 7.40. The van der Waals surface area contributed by atoms with E-state index in [-0.39, 0.29) is 12.1 Å². The van der Waals surface area contributed by atoms with Gasteiger partial charge >= 0.3 is 6.03 Å². The summed E-state index contributed by atoms with van der Waals surface area (Å²) in [6.07, 6.45) is 5.11. The highest BCUT2D eigenvalue weighted by atomic mass is 16.5. The van der Waals surface area contributed by atoms with Gasteiger partial charge in [0, 0.05) is 32.3 Å². The van der Waals surface area contributed by atoms with Crippen molar-refractivity contribution in [1.29, 1.82) is 0 Å². The highest BCUT2D eigenvalue weighted by Crippen LogP contribution is 2.19. The minimum Gasteiger partial charge on any atom is -0.487 e. The Bertz CT molecular complexity index is 714. The molecule has 1 atom stereocenters. The molecule has 0 unspecified atom stereocenters. The van der Waals surface area contributed by atoms with Crippen LogP contribution in [-0.2, 0) is 13.5 Å². The average molecular weight is 343 g/mol. The van der Waals surface area contributed by atoms with Crippen LogP contribution >= 0.6 is 0 Å². The molecule has 2 aromatic heterocycles. The van der Waals surface area contributed by atoms with Gasteiger partial charge in [0.2, 0.25) is 0 Å². The standard InChI is InChI=1S/C18H25N5O2/c1-13(2)9-14-10-17(22(3)21-14)20-18(24)23-8-6-16(12-23)25-15-5-4-7-19-11-15/h4-5,7,10-11,13,16H,6,8-9,12H2,1-3H3,(H,20,24)/t16-/m1/s1. The van der Waals surface area contributed by atoms with Crippen LogP contribution in [0.3, 0.4) is 0 Å². The summed E-state index contributed by atoms with van der Waals surface area (Å²) in [6.45, 7) is 5.55. The Morgan fingerprint density at radius 1 is 1.48 bits per heavy atom. The van der Waals surface area contributed by atoms with Gasteiger partial charge in [-0.25, -0.2) is 4.79 Å². The third-order valence-electron chi connectivity index (χ3n) is 4.15. The molecular weight excluding hydrogens is 318 g/mol. The number of amides is 2. The van der Waals surface area contributed by atoms with Crippen LogP contribution in [0.25, 0.3) is 0 Å². The number of likely N-dealkylation sites (tertiary alicyclic amines) is 1. The van der Waals surface area contributed by atoms with Crippen molar-refractivity contribution >= 4 is 11.8 Å². The summed E-state index contributed by atoms with van der Waals surface area (Å²) in [5.41, 5.74) is 0.993. The molecule has 0 aliphatic carbocycles. The number of urea groups is 1. The van der Waals surface area contributed by atoms with Gasteiger partial charge in [-0.05, 0) is 24.5 Å². The van der Waals surface area contributed by atoms with Gasteiger partial charge in [-0.2, -0.15) is 5.10 Å². The topological polar surface area (TPSA) is 72.3 Å². The molecule has 1 aliphatic heterocycles. The molecule has 2 amide bonds. The van der Waals surface area contributed by atoms with Crippen LogP contribution in [0.2, 0.25) is 0 Å². The first-order valence-corrected chi connectivity index (χ1v) is 8.67. The molecule has 3 heterocycles. The smallest absolute Gasteiger partial charge is 0.323 e. The summed E-state index contributed by atoms with van der Waals surface area (Å²) >= 11 is 0. The van der Waals surface area contributed by atoms with E-state index < -0.39 is 0 Å². The number of pyridine rings is 1. The third-order valence-corrected chi connectivity index (χ3v) is 4.15. The Labute approximate surface area is 148 Å². The number of anilines is 1. The molecule has 0 radical (unpaired) electrons. The van der Waals surface area contributed by atoms with E-state index in [9.17, 15) is 4.79 Å². The van der Waals surface area contributed by atoms with Gasteiger partial charge < -0.3 is 9.64 Å². The van der Waals surface area contributed by atoms with Crippen molar-refractivity contribution in [3.05, 3.63) is 36.3 Å². The predicted octanol–water partition coefficient (Wildman–Crippen LogP) is 2.70. The predicted molar refractivity (Wildman–Crippen MR) is 95.6 cm³/mol. The van der Waals surface area contributed by atoms with Gasteiger partial charge in [-0.3, -0.25) is 15.0 Å². The second kappa shape index (κ2) is 7.55. The molecule has 1 aliphatic rings. The maximum atomic E-state index is 12.5. The number of carbonyl (C=O) groups excluding carboxylic acids is 1. The van der Waals surface area contributed by atoms with Crippen molar-refractivity contribution in [1.82, 2.24) is 19.7 Å². The fourth-order valence-electron chi connectivity index (χ4n) is 2.97. The van der Waals surface area contributed by atoms with Gasteiger partial charge in [-0.15, -0.1) is 0 Å². The van der Waals surface area contributed by atoms with E-state index in [4.69, 9.17) is 4.74 Å². The van der Waals surface area contributed by atoms with Crippen LogP contribution in [0.5, 0.6) is 5.75 Å². The van der Waals surface area contributed by atoms with E-state index in [0.29, 0.717) is 19.0 Å². The van der Waals surface area contributed by atoms with Gasteiger partial charge in [-0.1, -0.05) is 13.8 Å². The molecule has 0 saturated carbocycles. The molecule has 1 saturated heterocycles. The van der Waals surface area contributed by atoms with Crippen molar-refractivity contribution in [3.8, 4) is 5.75 Å². The minimum absolute atomic E-state index is 0.00186. The van der Waals surface area contributed by atoms with E-state index in [1.54, 1.807) is 22.0 Å². The van der Waals surface area contributed by atoms with Gasteiger partial charge in [0.05, 0.1) is 18.4 Å². The first-order valence-electron chi connectivity index (χ1n) is 8.67. The van der Waals surface area contributed by atoms with Crippen molar-refractivity contribution in [2.45, 2.75) is 32.8 Å². The largest absolute Gasteiger partial charge is 0.487 e. The summed E-state index contributed by atoms with van der Waals surface area (Å²) in [6, 6.07) is 5.54. The Hall–Kier alpha value is -2.57. The summed E-state index contributed by atoms with van der Waals surface area (Å²) in [7, 11) is 1.84. The lowest BCUT2D eigenvalue weighted by molar-refractivity contribution is 0.194. The van der Waals surface area contributed by atoms with Crippen LogP contribution in [0.1, 0.15) is 26.0 Å². The van der Waals surface area contributed by atoms with Gasteiger partial charge in [0.1, 0.15) is 17.7 Å². The molecule has 7 heteroatoms. The maximum absolute atomic E-state index is 12.5. The average Bonchev–Trinajstić information content (AvgIpc) is 3.15. The zero-order chi connectivity index (χ0) is 17.8. The first kappa shape index (κ1) is 17.3. The maximum Gasteiger partial charge on any atom is 0.323 e. The van der Waals surface area contributed by atoms with Gasteiger partial charge in [0.25, 0.3) is 0 Å². The Morgan fingerprint density at radius 2 is 2.32 bits per heavy atom. The molecular formula is C18H25N5O2. The molecule has 25 heavy (non-hydrogen) atoms. The third kappa shape index (κ3) is 4.49. The number of nitrogens with one attached hydrogen (secondary N) is 1. The summed E-state index contributed by atoms with van der Waals surface area (Å²) in [5.74, 6) is 1.99. The van der Waals surface area contributed by atoms with Crippen LogP contribution in [0, 0.1) is 5.92 Å². The molecule has 1 fully saturated rings. The normalized spacial score (nSPS) is 17.1. The molecule has 0 bridgehead atoms. The van der Waals surface area contributed by atoms with Crippen LogP contribution < -0.4 is 10.1 Å². The number of aromatic nitrogens is 3. The lowest BCUT2D eigenvalue weighted by Crippen LogP contribution is -2.35.